The van der Waals surface area contributed by atoms with Crippen molar-refractivity contribution in [2.75, 3.05) is 11.1 Å². The van der Waals surface area contributed by atoms with Crippen LogP contribution < -0.4 is 5.32 Å². The van der Waals surface area contributed by atoms with E-state index in [1.165, 1.54) is 12.4 Å². The minimum absolute atomic E-state index is 0.0752. The van der Waals surface area contributed by atoms with E-state index in [-0.39, 0.29) is 10.6 Å². The van der Waals surface area contributed by atoms with Gasteiger partial charge in [0.2, 0.25) is 5.95 Å². The molecule has 0 saturated heterocycles. The maximum atomic E-state index is 11.4. The van der Waals surface area contributed by atoms with E-state index < -0.39 is 9.84 Å². The fourth-order valence-electron chi connectivity index (χ4n) is 1.13. The van der Waals surface area contributed by atoms with Crippen molar-refractivity contribution in [3.63, 3.8) is 0 Å². The standard InChI is InChI=1S/C9H13N3O2S/c1-2-15(13,14)8-5-10-9(11-6-8)12-7-3-4-7/h5-7H,2-4H2,1H3,(H,10,11,12). The third kappa shape index (κ3) is 2.44. The van der Waals surface area contributed by atoms with Crippen LogP contribution >= 0.6 is 0 Å². The van der Waals surface area contributed by atoms with Crippen LogP contribution in [0.2, 0.25) is 0 Å². The van der Waals surface area contributed by atoms with Gasteiger partial charge in [-0.25, -0.2) is 18.4 Å². The van der Waals surface area contributed by atoms with Crippen molar-refractivity contribution in [1.82, 2.24) is 9.97 Å². The fourth-order valence-corrected chi connectivity index (χ4v) is 1.89. The molecule has 0 aromatic carbocycles. The number of hydrogen-bond acceptors (Lipinski definition) is 5. The van der Waals surface area contributed by atoms with E-state index in [1.807, 2.05) is 0 Å². The van der Waals surface area contributed by atoms with Gasteiger partial charge in [-0.15, -0.1) is 0 Å². The molecule has 0 atom stereocenters. The van der Waals surface area contributed by atoms with Gasteiger partial charge in [0, 0.05) is 6.04 Å². The van der Waals surface area contributed by atoms with Gasteiger partial charge in [-0.3, -0.25) is 0 Å². The third-order valence-corrected chi connectivity index (χ3v) is 3.97. The Labute approximate surface area is 88.9 Å². The Bertz CT molecular complexity index is 437. The first kappa shape index (κ1) is 10.4. The van der Waals surface area contributed by atoms with Gasteiger partial charge in [-0.1, -0.05) is 6.92 Å². The van der Waals surface area contributed by atoms with Gasteiger partial charge < -0.3 is 5.32 Å². The topological polar surface area (TPSA) is 72.0 Å². The van der Waals surface area contributed by atoms with Gasteiger partial charge in [-0.05, 0) is 12.8 Å². The summed E-state index contributed by atoms with van der Waals surface area (Å²) in [6.45, 7) is 1.60. The molecule has 0 bridgehead atoms. The van der Waals surface area contributed by atoms with E-state index in [9.17, 15) is 8.42 Å². The van der Waals surface area contributed by atoms with Crippen LogP contribution in [0.15, 0.2) is 17.3 Å². The Kier molecular flexibility index (Phi) is 2.60. The second-order valence-electron chi connectivity index (χ2n) is 3.56. The van der Waals surface area contributed by atoms with Crippen LogP contribution in [-0.4, -0.2) is 30.2 Å². The van der Waals surface area contributed by atoms with Gasteiger partial charge in [0.15, 0.2) is 9.84 Å². The third-order valence-electron chi connectivity index (χ3n) is 2.28. The Morgan fingerprint density at radius 2 is 2.00 bits per heavy atom. The zero-order valence-corrected chi connectivity index (χ0v) is 9.29. The minimum Gasteiger partial charge on any atom is -0.351 e. The zero-order chi connectivity index (χ0) is 10.9. The Morgan fingerprint density at radius 1 is 1.40 bits per heavy atom. The van der Waals surface area contributed by atoms with Crippen LogP contribution in [0.1, 0.15) is 19.8 Å². The normalized spacial score (nSPS) is 16.3. The van der Waals surface area contributed by atoms with E-state index in [1.54, 1.807) is 6.92 Å². The first-order chi connectivity index (χ1) is 7.12. The number of nitrogens with one attached hydrogen (secondary N) is 1. The Hall–Kier alpha value is -1.17. The average molecular weight is 227 g/mol. The summed E-state index contributed by atoms with van der Waals surface area (Å²) >= 11 is 0. The molecule has 15 heavy (non-hydrogen) atoms. The lowest BCUT2D eigenvalue weighted by Gasteiger charge is -2.03. The maximum Gasteiger partial charge on any atom is 0.222 e. The number of aromatic nitrogens is 2. The van der Waals surface area contributed by atoms with Crippen molar-refractivity contribution < 1.29 is 8.42 Å². The summed E-state index contributed by atoms with van der Waals surface area (Å²) in [5.41, 5.74) is 0. The SMILES string of the molecule is CCS(=O)(=O)c1cnc(NC2CC2)nc1. The van der Waals surface area contributed by atoms with Crippen LogP contribution in [0.25, 0.3) is 0 Å². The number of rotatable bonds is 4. The highest BCUT2D eigenvalue weighted by molar-refractivity contribution is 7.91. The summed E-state index contributed by atoms with van der Waals surface area (Å²) in [7, 11) is -3.18. The number of sulfone groups is 1. The Balaban J connectivity index is 2.15. The molecule has 1 aromatic heterocycles. The molecule has 1 heterocycles. The molecule has 0 radical (unpaired) electrons. The lowest BCUT2D eigenvalue weighted by Crippen LogP contribution is -2.08. The number of hydrogen-bond donors (Lipinski definition) is 1. The van der Waals surface area contributed by atoms with Crippen molar-refractivity contribution in [2.45, 2.75) is 30.7 Å². The van der Waals surface area contributed by atoms with E-state index in [4.69, 9.17) is 0 Å². The fraction of sp³-hybridized carbons (Fsp3) is 0.556. The first-order valence-corrected chi connectivity index (χ1v) is 6.58. The molecular weight excluding hydrogens is 214 g/mol. The number of nitrogens with zero attached hydrogens (tertiary/aromatic N) is 2. The van der Waals surface area contributed by atoms with E-state index in [0.717, 1.165) is 12.8 Å². The van der Waals surface area contributed by atoms with Crippen molar-refractivity contribution in [3.05, 3.63) is 12.4 Å². The molecule has 0 unspecified atom stereocenters. The van der Waals surface area contributed by atoms with Gasteiger partial charge >= 0.3 is 0 Å². The molecule has 1 aromatic rings. The quantitative estimate of drug-likeness (QED) is 0.825. The summed E-state index contributed by atoms with van der Waals surface area (Å²) in [5, 5.41) is 3.10. The van der Waals surface area contributed by atoms with Gasteiger partial charge in [0.25, 0.3) is 0 Å². The van der Waals surface area contributed by atoms with Crippen LogP contribution in [0.5, 0.6) is 0 Å². The number of anilines is 1. The maximum absolute atomic E-state index is 11.4. The molecule has 2 rings (SSSR count). The van der Waals surface area contributed by atoms with E-state index in [0.29, 0.717) is 12.0 Å². The molecule has 1 saturated carbocycles. The predicted molar refractivity (Wildman–Crippen MR) is 56.4 cm³/mol. The predicted octanol–water partition coefficient (Wildman–Crippen LogP) is 0.845. The molecular formula is C9H13N3O2S. The highest BCUT2D eigenvalue weighted by Crippen LogP contribution is 2.22. The van der Waals surface area contributed by atoms with Crippen molar-refractivity contribution in [1.29, 1.82) is 0 Å². The van der Waals surface area contributed by atoms with Crippen LogP contribution in [-0.2, 0) is 9.84 Å². The summed E-state index contributed by atoms with van der Waals surface area (Å²) in [4.78, 5) is 8.13. The molecule has 1 aliphatic rings. The van der Waals surface area contributed by atoms with Gasteiger partial charge in [-0.2, -0.15) is 0 Å². The summed E-state index contributed by atoms with van der Waals surface area (Å²) in [5.74, 6) is 0.582. The minimum atomic E-state index is -3.18. The Morgan fingerprint density at radius 3 is 2.47 bits per heavy atom. The second-order valence-corrected chi connectivity index (χ2v) is 5.84. The molecule has 0 aliphatic heterocycles. The molecule has 1 N–H and O–H groups in total. The summed E-state index contributed by atoms with van der Waals surface area (Å²) < 4.78 is 22.9. The molecule has 82 valence electrons. The molecule has 1 aliphatic carbocycles. The highest BCUT2D eigenvalue weighted by atomic mass is 32.2. The summed E-state index contributed by atoms with van der Waals surface area (Å²) in [6, 6.07) is 0.471. The van der Waals surface area contributed by atoms with E-state index in [2.05, 4.69) is 15.3 Å². The van der Waals surface area contributed by atoms with Crippen LogP contribution in [0, 0.1) is 0 Å². The van der Waals surface area contributed by atoms with E-state index >= 15 is 0 Å². The van der Waals surface area contributed by atoms with Gasteiger partial charge in [0.05, 0.1) is 18.1 Å². The lowest BCUT2D eigenvalue weighted by atomic mass is 10.6. The first-order valence-electron chi connectivity index (χ1n) is 4.93. The molecule has 6 heteroatoms. The zero-order valence-electron chi connectivity index (χ0n) is 8.47. The van der Waals surface area contributed by atoms with Crippen LogP contribution in [0.3, 0.4) is 0 Å². The molecule has 1 fully saturated rings. The van der Waals surface area contributed by atoms with Crippen LogP contribution in [0.4, 0.5) is 5.95 Å². The highest BCUT2D eigenvalue weighted by Gasteiger charge is 2.22. The summed E-state index contributed by atoms with van der Waals surface area (Å²) in [6.07, 6.45) is 4.99. The molecule has 0 amide bonds. The van der Waals surface area contributed by atoms with Crippen molar-refractivity contribution >= 4 is 15.8 Å². The van der Waals surface area contributed by atoms with Gasteiger partial charge in [0.1, 0.15) is 4.90 Å². The largest absolute Gasteiger partial charge is 0.351 e. The lowest BCUT2D eigenvalue weighted by molar-refractivity contribution is 0.596. The average Bonchev–Trinajstić information content (AvgIpc) is 3.03. The van der Waals surface area contributed by atoms with Crippen molar-refractivity contribution in [3.8, 4) is 0 Å². The molecule has 0 spiro atoms. The second kappa shape index (κ2) is 3.77. The van der Waals surface area contributed by atoms with Crippen molar-refractivity contribution in [2.24, 2.45) is 0 Å². The molecule has 5 nitrogen and oxygen atoms in total. The smallest absolute Gasteiger partial charge is 0.222 e. The monoisotopic (exact) mass is 227 g/mol.